The Morgan fingerprint density at radius 1 is 1.60 bits per heavy atom. The van der Waals surface area contributed by atoms with Gasteiger partial charge in [-0.1, -0.05) is 0 Å². The average molecular weight is 138 g/mol. The number of nitrogens with one attached hydrogen (secondary N) is 2. The second kappa shape index (κ2) is 1.69. The molecule has 0 saturated heterocycles. The van der Waals surface area contributed by atoms with Gasteiger partial charge < -0.3 is 5.32 Å². The molecule has 0 aromatic carbocycles. The second-order valence-electron chi connectivity index (χ2n) is 1.82. The molecule has 6 nitrogen and oxygen atoms in total. The molecule has 0 aliphatic rings. The van der Waals surface area contributed by atoms with Crippen molar-refractivity contribution in [3.8, 4) is 0 Å². The van der Waals surface area contributed by atoms with Crippen LogP contribution in [0.2, 0.25) is 0 Å². The van der Waals surface area contributed by atoms with Crippen LogP contribution in [0.4, 0.5) is 5.95 Å². The van der Waals surface area contributed by atoms with Crippen LogP contribution in [0.15, 0.2) is 6.33 Å². The van der Waals surface area contributed by atoms with Crippen LogP contribution < -0.4 is 5.32 Å². The molecule has 0 bridgehead atoms. The highest BCUT2D eigenvalue weighted by molar-refractivity contribution is 5.36. The minimum Gasteiger partial charge on any atom is -0.357 e. The standard InChI is InChI=1S/C4H6N6/c1-5-3-8-9-4-7-6-2-10(3)4/h2H,1H3,(H,5,8)(H,7,9). The predicted octanol–water partition coefficient (Wildman–Crippen LogP) is -0.506. The Morgan fingerprint density at radius 3 is 3.30 bits per heavy atom. The van der Waals surface area contributed by atoms with Crippen molar-refractivity contribution in [3.05, 3.63) is 6.33 Å². The summed E-state index contributed by atoms with van der Waals surface area (Å²) in [6, 6.07) is 0. The third kappa shape index (κ3) is 0.498. The maximum absolute atomic E-state index is 3.80. The fourth-order valence-electron chi connectivity index (χ4n) is 0.792. The largest absolute Gasteiger partial charge is 0.357 e. The number of aromatic nitrogens is 5. The van der Waals surface area contributed by atoms with Crippen molar-refractivity contribution in [2.75, 3.05) is 12.4 Å². The van der Waals surface area contributed by atoms with E-state index in [1.54, 1.807) is 17.8 Å². The topological polar surface area (TPSA) is 70.9 Å². The first kappa shape index (κ1) is 5.21. The van der Waals surface area contributed by atoms with Crippen molar-refractivity contribution in [2.24, 2.45) is 0 Å². The molecule has 2 heterocycles. The first-order valence-corrected chi connectivity index (χ1v) is 2.83. The molecule has 0 saturated carbocycles. The van der Waals surface area contributed by atoms with Gasteiger partial charge in [0.1, 0.15) is 6.33 Å². The lowest BCUT2D eigenvalue weighted by molar-refractivity contribution is 1.02. The lowest BCUT2D eigenvalue weighted by Crippen LogP contribution is -1.93. The zero-order valence-electron chi connectivity index (χ0n) is 5.37. The van der Waals surface area contributed by atoms with Crippen LogP contribution in [0.25, 0.3) is 5.78 Å². The Kier molecular flexibility index (Phi) is 0.883. The van der Waals surface area contributed by atoms with Gasteiger partial charge in [-0.2, -0.15) is 5.10 Å². The van der Waals surface area contributed by atoms with Gasteiger partial charge in [-0.05, 0) is 0 Å². The van der Waals surface area contributed by atoms with E-state index in [9.17, 15) is 0 Å². The van der Waals surface area contributed by atoms with Crippen LogP contribution in [-0.2, 0) is 0 Å². The van der Waals surface area contributed by atoms with Gasteiger partial charge in [0.15, 0.2) is 0 Å². The molecule has 2 N–H and O–H groups in total. The van der Waals surface area contributed by atoms with E-state index in [-0.39, 0.29) is 0 Å². The van der Waals surface area contributed by atoms with E-state index in [0.29, 0.717) is 11.7 Å². The Balaban J connectivity index is 2.76. The van der Waals surface area contributed by atoms with E-state index in [4.69, 9.17) is 0 Å². The summed E-state index contributed by atoms with van der Waals surface area (Å²) >= 11 is 0. The highest BCUT2D eigenvalue weighted by Crippen LogP contribution is 2.01. The van der Waals surface area contributed by atoms with Crippen LogP contribution in [0.1, 0.15) is 0 Å². The molecule has 52 valence electrons. The summed E-state index contributed by atoms with van der Waals surface area (Å²) in [5.41, 5.74) is 0. The maximum atomic E-state index is 3.80. The Morgan fingerprint density at radius 2 is 2.50 bits per heavy atom. The molecule has 0 aliphatic heterocycles. The van der Waals surface area contributed by atoms with E-state index in [1.807, 2.05) is 0 Å². The quantitative estimate of drug-likeness (QED) is 0.557. The summed E-state index contributed by atoms with van der Waals surface area (Å²) < 4.78 is 1.72. The van der Waals surface area contributed by atoms with Crippen molar-refractivity contribution in [2.45, 2.75) is 0 Å². The molecule has 2 aromatic heterocycles. The van der Waals surface area contributed by atoms with Gasteiger partial charge in [-0.3, -0.25) is 0 Å². The Bertz CT molecular complexity index is 332. The second-order valence-corrected chi connectivity index (χ2v) is 1.82. The molecular formula is C4H6N6. The minimum atomic E-state index is 0.643. The van der Waals surface area contributed by atoms with Crippen molar-refractivity contribution >= 4 is 11.7 Å². The first-order chi connectivity index (χ1) is 4.92. The van der Waals surface area contributed by atoms with E-state index < -0.39 is 0 Å². The molecule has 0 radical (unpaired) electrons. The number of anilines is 1. The van der Waals surface area contributed by atoms with Crippen LogP contribution in [-0.4, -0.2) is 31.8 Å². The number of aromatic amines is 1. The van der Waals surface area contributed by atoms with Crippen molar-refractivity contribution < 1.29 is 0 Å². The highest BCUT2D eigenvalue weighted by Gasteiger charge is 2.01. The summed E-state index contributed by atoms with van der Waals surface area (Å²) in [5, 5.41) is 16.9. The van der Waals surface area contributed by atoms with Crippen molar-refractivity contribution in [1.82, 2.24) is 24.8 Å². The zero-order valence-corrected chi connectivity index (χ0v) is 5.37. The molecule has 0 fully saturated rings. The Hall–Kier alpha value is -1.59. The maximum Gasteiger partial charge on any atom is 0.252 e. The molecular weight excluding hydrogens is 132 g/mol. The molecule has 0 aliphatic carbocycles. The van der Waals surface area contributed by atoms with Crippen molar-refractivity contribution in [3.63, 3.8) is 0 Å². The number of hydrogen-bond acceptors (Lipinski definition) is 4. The lowest BCUT2D eigenvalue weighted by Gasteiger charge is -1.88. The third-order valence-electron chi connectivity index (χ3n) is 1.26. The monoisotopic (exact) mass is 138 g/mol. The van der Waals surface area contributed by atoms with Gasteiger partial charge in [-0.25, -0.2) is 9.50 Å². The number of hydrogen-bond donors (Lipinski definition) is 2. The van der Waals surface area contributed by atoms with Crippen molar-refractivity contribution in [1.29, 1.82) is 0 Å². The van der Waals surface area contributed by atoms with E-state index in [2.05, 4.69) is 25.7 Å². The first-order valence-electron chi connectivity index (χ1n) is 2.83. The molecule has 0 spiro atoms. The van der Waals surface area contributed by atoms with Crippen LogP contribution >= 0.6 is 0 Å². The van der Waals surface area contributed by atoms with E-state index in [1.165, 1.54) is 0 Å². The van der Waals surface area contributed by atoms with E-state index in [0.717, 1.165) is 0 Å². The van der Waals surface area contributed by atoms with Crippen LogP contribution in [0.3, 0.4) is 0 Å². The molecule has 0 atom stereocenters. The van der Waals surface area contributed by atoms with Gasteiger partial charge in [0.2, 0.25) is 5.95 Å². The Labute approximate surface area is 56.3 Å². The summed E-state index contributed by atoms with van der Waals surface area (Å²) in [6.07, 6.45) is 1.61. The highest BCUT2D eigenvalue weighted by atomic mass is 15.4. The fraction of sp³-hybridized carbons (Fsp3) is 0.250. The lowest BCUT2D eigenvalue weighted by atomic mass is 10.9. The van der Waals surface area contributed by atoms with Crippen LogP contribution in [0, 0.1) is 0 Å². The molecule has 10 heavy (non-hydrogen) atoms. The summed E-state index contributed by atoms with van der Waals surface area (Å²) in [7, 11) is 1.78. The average Bonchev–Trinajstić information content (AvgIpc) is 2.44. The zero-order chi connectivity index (χ0) is 6.97. The van der Waals surface area contributed by atoms with Gasteiger partial charge in [0.05, 0.1) is 0 Å². The summed E-state index contributed by atoms with van der Waals surface area (Å²) in [6.45, 7) is 0. The van der Waals surface area contributed by atoms with Gasteiger partial charge in [0, 0.05) is 7.05 Å². The minimum absolute atomic E-state index is 0.643. The molecule has 2 aromatic rings. The van der Waals surface area contributed by atoms with Gasteiger partial charge in [0.25, 0.3) is 5.78 Å². The molecule has 0 amide bonds. The normalized spacial score (nSPS) is 10.5. The number of rotatable bonds is 1. The summed E-state index contributed by atoms with van der Waals surface area (Å²) in [4.78, 5) is 0. The molecule has 2 rings (SSSR count). The predicted molar refractivity (Wildman–Crippen MR) is 34.7 cm³/mol. The van der Waals surface area contributed by atoms with Gasteiger partial charge in [-0.15, -0.1) is 10.2 Å². The van der Waals surface area contributed by atoms with Gasteiger partial charge >= 0.3 is 0 Å². The molecule has 6 heteroatoms. The number of nitrogens with zero attached hydrogens (tertiary/aromatic N) is 4. The number of H-pyrrole nitrogens is 1. The summed E-state index contributed by atoms with van der Waals surface area (Å²) in [5.74, 6) is 1.33. The third-order valence-corrected chi connectivity index (χ3v) is 1.26. The van der Waals surface area contributed by atoms with Crippen LogP contribution in [0.5, 0.6) is 0 Å². The van der Waals surface area contributed by atoms with E-state index >= 15 is 0 Å². The number of fused-ring (bicyclic) bond motifs is 1. The molecule has 0 unspecified atom stereocenters. The smallest absolute Gasteiger partial charge is 0.252 e. The SMILES string of the molecule is CNc1nnc2[nH]ncn12. The fourth-order valence-corrected chi connectivity index (χ4v) is 0.792.